The van der Waals surface area contributed by atoms with Crippen LogP contribution in [0.2, 0.25) is 10.0 Å². The van der Waals surface area contributed by atoms with Crippen molar-refractivity contribution in [2.45, 2.75) is 0 Å². The maximum atomic E-state index is 6.10. The molecular formula is C10H5BrCl2O. The first-order valence-corrected chi connectivity index (χ1v) is 5.42. The van der Waals surface area contributed by atoms with Crippen LogP contribution in [0.15, 0.2) is 39.4 Å². The minimum absolute atomic E-state index is 0.562. The molecule has 4 heteroatoms. The third kappa shape index (κ3) is 1.70. The molecule has 0 bridgehead atoms. The topological polar surface area (TPSA) is 13.1 Å². The number of furan rings is 1. The van der Waals surface area contributed by atoms with Crippen molar-refractivity contribution in [2.75, 3.05) is 0 Å². The molecule has 1 heterocycles. The largest absolute Gasteiger partial charge is 0.464 e. The molecule has 0 aliphatic heterocycles. The van der Waals surface area contributed by atoms with E-state index in [1.165, 1.54) is 0 Å². The van der Waals surface area contributed by atoms with Gasteiger partial charge in [-0.1, -0.05) is 23.2 Å². The van der Waals surface area contributed by atoms with Gasteiger partial charge in [-0.3, -0.25) is 0 Å². The molecule has 0 unspecified atom stereocenters. The molecule has 0 saturated carbocycles. The van der Waals surface area contributed by atoms with Crippen molar-refractivity contribution in [3.8, 4) is 11.3 Å². The second kappa shape index (κ2) is 3.97. The molecular weight excluding hydrogens is 287 g/mol. The molecule has 1 nitrogen and oxygen atoms in total. The molecule has 0 aliphatic carbocycles. The minimum atomic E-state index is 0.562. The summed E-state index contributed by atoms with van der Waals surface area (Å²) >= 11 is 15.3. The molecule has 0 aliphatic rings. The molecule has 0 saturated heterocycles. The van der Waals surface area contributed by atoms with E-state index in [1.54, 1.807) is 12.3 Å². The Bertz CT molecular complexity index is 451. The standard InChI is InChI=1S/C10H5BrCl2O/c11-9-7(12)4-3-6(10(9)13)8-2-1-5-14-8/h1-5H. The lowest BCUT2D eigenvalue weighted by Gasteiger charge is -2.04. The van der Waals surface area contributed by atoms with Crippen LogP contribution in [0.3, 0.4) is 0 Å². The highest BCUT2D eigenvalue weighted by molar-refractivity contribution is 9.10. The van der Waals surface area contributed by atoms with Crippen LogP contribution in [-0.4, -0.2) is 0 Å². The zero-order chi connectivity index (χ0) is 10.1. The van der Waals surface area contributed by atoms with Gasteiger partial charge in [0.15, 0.2) is 0 Å². The Kier molecular flexibility index (Phi) is 2.86. The molecule has 2 aromatic rings. The van der Waals surface area contributed by atoms with E-state index in [1.807, 2.05) is 18.2 Å². The number of hydrogen-bond donors (Lipinski definition) is 0. The maximum Gasteiger partial charge on any atom is 0.135 e. The number of rotatable bonds is 1. The van der Waals surface area contributed by atoms with Gasteiger partial charge in [-0.2, -0.15) is 0 Å². The Hall–Kier alpha value is -0.440. The molecule has 1 aromatic carbocycles. The quantitative estimate of drug-likeness (QED) is 0.673. The van der Waals surface area contributed by atoms with Crippen LogP contribution in [-0.2, 0) is 0 Å². The average Bonchev–Trinajstić information content (AvgIpc) is 2.67. The summed E-state index contributed by atoms with van der Waals surface area (Å²) in [4.78, 5) is 0. The predicted molar refractivity (Wildman–Crippen MR) is 61.9 cm³/mol. The summed E-state index contributed by atoms with van der Waals surface area (Å²) in [7, 11) is 0. The zero-order valence-electron chi connectivity index (χ0n) is 6.93. The smallest absolute Gasteiger partial charge is 0.135 e. The van der Waals surface area contributed by atoms with Crippen LogP contribution in [0, 0.1) is 0 Å². The van der Waals surface area contributed by atoms with Gasteiger partial charge in [-0.05, 0) is 40.2 Å². The van der Waals surface area contributed by atoms with Crippen LogP contribution in [0.5, 0.6) is 0 Å². The van der Waals surface area contributed by atoms with Crippen LogP contribution in [0.1, 0.15) is 0 Å². The molecule has 0 spiro atoms. The van der Waals surface area contributed by atoms with Gasteiger partial charge in [-0.25, -0.2) is 0 Å². The fourth-order valence-corrected chi connectivity index (χ4v) is 1.96. The van der Waals surface area contributed by atoms with E-state index in [2.05, 4.69) is 15.9 Å². The zero-order valence-corrected chi connectivity index (χ0v) is 10.0. The van der Waals surface area contributed by atoms with E-state index in [9.17, 15) is 0 Å². The third-order valence-corrected chi connectivity index (χ3v) is 3.81. The molecule has 0 atom stereocenters. The van der Waals surface area contributed by atoms with Gasteiger partial charge in [0.2, 0.25) is 0 Å². The fourth-order valence-electron chi connectivity index (χ4n) is 1.15. The summed E-state index contributed by atoms with van der Waals surface area (Å²) in [6.45, 7) is 0. The molecule has 0 N–H and O–H groups in total. The summed E-state index contributed by atoms with van der Waals surface area (Å²) in [5.41, 5.74) is 0.827. The monoisotopic (exact) mass is 290 g/mol. The van der Waals surface area contributed by atoms with Crippen molar-refractivity contribution in [2.24, 2.45) is 0 Å². The van der Waals surface area contributed by atoms with E-state index in [-0.39, 0.29) is 0 Å². The number of halogens is 3. The van der Waals surface area contributed by atoms with Gasteiger partial charge in [-0.15, -0.1) is 0 Å². The lowest BCUT2D eigenvalue weighted by Crippen LogP contribution is -1.79. The Morgan fingerprint density at radius 3 is 2.57 bits per heavy atom. The van der Waals surface area contributed by atoms with Crippen LogP contribution < -0.4 is 0 Å². The predicted octanol–water partition coefficient (Wildman–Crippen LogP) is 5.02. The van der Waals surface area contributed by atoms with Crippen molar-refractivity contribution in [3.05, 3.63) is 45.0 Å². The summed E-state index contributed by atoms with van der Waals surface area (Å²) in [5.74, 6) is 0.729. The van der Waals surface area contributed by atoms with Gasteiger partial charge in [0, 0.05) is 5.56 Å². The average molecular weight is 292 g/mol. The lowest BCUT2D eigenvalue weighted by molar-refractivity contribution is 0.582. The molecule has 2 rings (SSSR count). The van der Waals surface area contributed by atoms with E-state index in [4.69, 9.17) is 27.6 Å². The highest BCUT2D eigenvalue weighted by Gasteiger charge is 2.11. The summed E-state index contributed by atoms with van der Waals surface area (Å²) in [6.07, 6.45) is 1.61. The molecule has 0 radical (unpaired) electrons. The van der Waals surface area contributed by atoms with Crippen molar-refractivity contribution >= 4 is 39.1 Å². The lowest BCUT2D eigenvalue weighted by atomic mass is 10.2. The molecule has 0 fully saturated rings. The van der Waals surface area contributed by atoms with Crippen LogP contribution >= 0.6 is 39.1 Å². The second-order valence-electron chi connectivity index (χ2n) is 2.70. The van der Waals surface area contributed by atoms with Crippen LogP contribution in [0.25, 0.3) is 11.3 Å². The van der Waals surface area contributed by atoms with Gasteiger partial charge in [0.05, 0.1) is 20.8 Å². The number of benzene rings is 1. The number of hydrogen-bond acceptors (Lipinski definition) is 1. The summed E-state index contributed by atoms with van der Waals surface area (Å²) in [5, 5.41) is 1.15. The van der Waals surface area contributed by atoms with E-state index >= 15 is 0 Å². The SMILES string of the molecule is Clc1ccc(-c2ccco2)c(Cl)c1Br. The Morgan fingerprint density at radius 1 is 1.14 bits per heavy atom. The Balaban J connectivity index is 2.61. The normalized spacial score (nSPS) is 10.5. The van der Waals surface area contributed by atoms with Gasteiger partial charge in [0.1, 0.15) is 5.76 Å². The molecule has 0 amide bonds. The summed E-state index contributed by atoms with van der Waals surface area (Å²) < 4.78 is 5.94. The van der Waals surface area contributed by atoms with Crippen molar-refractivity contribution in [1.29, 1.82) is 0 Å². The molecule has 1 aromatic heterocycles. The van der Waals surface area contributed by atoms with E-state index < -0.39 is 0 Å². The van der Waals surface area contributed by atoms with E-state index in [0.29, 0.717) is 14.5 Å². The van der Waals surface area contributed by atoms with Crippen molar-refractivity contribution < 1.29 is 4.42 Å². The first-order chi connectivity index (χ1) is 6.70. The highest BCUT2D eigenvalue weighted by Crippen LogP contribution is 2.38. The van der Waals surface area contributed by atoms with Gasteiger partial charge >= 0.3 is 0 Å². The maximum absolute atomic E-state index is 6.10. The van der Waals surface area contributed by atoms with Gasteiger partial charge < -0.3 is 4.42 Å². The van der Waals surface area contributed by atoms with Crippen LogP contribution in [0.4, 0.5) is 0 Å². The Labute approximate surface area is 99.8 Å². The minimum Gasteiger partial charge on any atom is -0.464 e. The fraction of sp³-hybridized carbons (Fsp3) is 0. The second-order valence-corrected chi connectivity index (χ2v) is 4.28. The van der Waals surface area contributed by atoms with Crippen molar-refractivity contribution in [1.82, 2.24) is 0 Å². The molecule has 14 heavy (non-hydrogen) atoms. The van der Waals surface area contributed by atoms with Gasteiger partial charge in [0.25, 0.3) is 0 Å². The van der Waals surface area contributed by atoms with Crippen molar-refractivity contribution in [3.63, 3.8) is 0 Å². The third-order valence-electron chi connectivity index (χ3n) is 1.82. The first-order valence-electron chi connectivity index (χ1n) is 3.87. The first kappa shape index (κ1) is 10.1. The highest BCUT2D eigenvalue weighted by atomic mass is 79.9. The summed E-state index contributed by atoms with van der Waals surface area (Å²) in [6, 6.07) is 7.26. The molecule has 72 valence electrons. The van der Waals surface area contributed by atoms with E-state index in [0.717, 1.165) is 11.3 Å². The Morgan fingerprint density at radius 2 is 1.93 bits per heavy atom.